The average molecular weight is 219 g/mol. The van der Waals surface area contributed by atoms with Crippen LogP contribution in [0.1, 0.15) is 51.3 Å². The predicted molar refractivity (Wildman–Crippen MR) is 71.7 cm³/mol. The normalized spacial score (nSPS) is 14.8. The molecule has 1 N–H and O–H groups in total. The third-order valence-corrected chi connectivity index (χ3v) is 3.41. The van der Waals surface area contributed by atoms with Crippen molar-refractivity contribution in [3.8, 4) is 0 Å². The first-order valence-corrected chi connectivity index (χ1v) is 6.55. The predicted octanol–water partition coefficient (Wildman–Crippen LogP) is 3.95. The van der Waals surface area contributed by atoms with Crippen LogP contribution in [-0.2, 0) is 6.42 Å². The van der Waals surface area contributed by atoms with Crippen LogP contribution in [0.15, 0.2) is 24.3 Å². The molecule has 90 valence electrons. The topological polar surface area (TPSA) is 12.0 Å². The fourth-order valence-corrected chi connectivity index (χ4v) is 2.23. The summed E-state index contributed by atoms with van der Waals surface area (Å²) in [6, 6.07) is 9.33. The molecule has 0 fully saturated rings. The highest BCUT2D eigenvalue weighted by molar-refractivity contribution is 5.30. The van der Waals surface area contributed by atoms with Gasteiger partial charge in [-0.25, -0.2) is 0 Å². The number of aryl methyl sites for hydroxylation is 1. The first kappa shape index (κ1) is 13.2. The van der Waals surface area contributed by atoms with Crippen LogP contribution < -0.4 is 5.32 Å². The van der Waals surface area contributed by atoms with Crippen LogP contribution >= 0.6 is 0 Å². The van der Waals surface area contributed by atoms with E-state index in [0.717, 1.165) is 13.0 Å². The number of nitrogens with one attached hydrogen (secondary N) is 1. The fraction of sp³-hybridized carbons (Fsp3) is 0.600. The Morgan fingerprint density at radius 3 is 2.38 bits per heavy atom. The summed E-state index contributed by atoms with van der Waals surface area (Å²) in [4.78, 5) is 0. The Morgan fingerprint density at radius 2 is 1.81 bits per heavy atom. The van der Waals surface area contributed by atoms with Crippen LogP contribution in [0.25, 0.3) is 0 Å². The number of benzene rings is 1. The maximum absolute atomic E-state index is 3.62. The van der Waals surface area contributed by atoms with Crippen LogP contribution in [0, 0.1) is 5.92 Å². The lowest BCUT2D eigenvalue weighted by atomic mass is 9.88. The largest absolute Gasteiger partial charge is 0.310 e. The Hall–Kier alpha value is -0.820. The lowest BCUT2D eigenvalue weighted by Crippen LogP contribution is -2.27. The van der Waals surface area contributed by atoms with Gasteiger partial charge in [-0.2, -0.15) is 0 Å². The molecular weight excluding hydrogens is 194 g/mol. The highest BCUT2D eigenvalue weighted by atomic mass is 14.9. The molecule has 2 unspecified atom stereocenters. The van der Waals surface area contributed by atoms with Crippen molar-refractivity contribution in [2.24, 2.45) is 5.92 Å². The molecule has 0 heterocycles. The van der Waals surface area contributed by atoms with E-state index in [0.29, 0.717) is 12.0 Å². The quantitative estimate of drug-likeness (QED) is 0.764. The summed E-state index contributed by atoms with van der Waals surface area (Å²) in [5, 5.41) is 3.62. The van der Waals surface area contributed by atoms with Gasteiger partial charge in [0.15, 0.2) is 0 Å². The van der Waals surface area contributed by atoms with E-state index in [-0.39, 0.29) is 0 Å². The zero-order valence-corrected chi connectivity index (χ0v) is 11.1. The molecule has 2 atom stereocenters. The van der Waals surface area contributed by atoms with Gasteiger partial charge < -0.3 is 5.32 Å². The molecule has 0 amide bonds. The molecule has 1 nitrogen and oxygen atoms in total. The maximum atomic E-state index is 3.62. The van der Waals surface area contributed by atoms with Crippen molar-refractivity contribution >= 4 is 0 Å². The molecule has 1 rings (SSSR count). The van der Waals surface area contributed by atoms with Crippen molar-refractivity contribution in [2.75, 3.05) is 6.54 Å². The van der Waals surface area contributed by atoms with Crippen LogP contribution in [0.3, 0.4) is 0 Å². The smallest absolute Gasteiger partial charge is 0.0348 e. The maximum Gasteiger partial charge on any atom is 0.0348 e. The highest BCUT2D eigenvalue weighted by Gasteiger charge is 2.18. The Labute approximate surface area is 100 Å². The standard InChI is InChI=1S/C15H25N/c1-5-12(4)15(16-7-3)14-11-9-8-10-13(14)6-2/h8-12,15-16H,5-7H2,1-4H3. The SMILES string of the molecule is CCNC(c1ccccc1CC)C(C)CC. The van der Waals surface area contributed by atoms with Crippen molar-refractivity contribution in [3.05, 3.63) is 35.4 Å². The van der Waals surface area contributed by atoms with E-state index in [1.54, 1.807) is 0 Å². The van der Waals surface area contributed by atoms with E-state index >= 15 is 0 Å². The Morgan fingerprint density at radius 1 is 1.12 bits per heavy atom. The molecule has 0 spiro atoms. The minimum absolute atomic E-state index is 0.506. The molecule has 0 radical (unpaired) electrons. The summed E-state index contributed by atoms with van der Waals surface area (Å²) in [7, 11) is 0. The van der Waals surface area contributed by atoms with Crippen LogP contribution in [0.2, 0.25) is 0 Å². The van der Waals surface area contributed by atoms with Gasteiger partial charge >= 0.3 is 0 Å². The summed E-state index contributed by atoms with van der Waals surface area (Å²) >= 11 is 0. The molecule has 1 aromatic carbocycles. The summed E-state index contributed by atoms with van der Waals surface area (Å²) in [5.74, 6) is 0.688. The second-order valence-electron chi connectivity index (χ2n) is 4.47. The average Bonchev–Trinajstić information content (AvgIpc) is 2.35. The highest BCUT2D eigenvalue weighted by Crippen LogP contribution is 2.27. The molecule has 0 aromatic heterocycles. The van der Waals surface area contributed by atoms with Gasteiger partial charge in [-0.3, -0.25) is 0 Å². The van der Waals surface area contributed by atoms with Crippen LogP contribution in [0.4, 0.5) is 0 Å². The Kier molecular flexibility index (Phi) is 5.54. The zero-order chi connectivity index (χ0) is 12.0. The van der Waals surface area contributed by atoms with E-state index in [2.05, 4.69) is 57.3 Å². The summed E-state index contributed by atoms with van der Waals surface area (Å²) < 4.78 is 0. The van der Waals surface area contributed by atoms with E-state index in [1.165, 1.54) is 17.5 Å². The summed E-state index contributed by atoms with van der Waals surface area (Å²) in [6.45, 7) is 10.1. The molecule has 16 heavy (non-hydrogen) atoms. The van der Waals surface area contributed by atoms with Crippen molar-refractivity contribution in [3.63, 3.8) is 0 Å². The molecular formula is C15H25N. The van der Waals surface area contributed by atoms with E-state index in [9.17, 15) is 0 Å². The Balaban J connectivity index is 2.99. The molecule has 0 saturated carbocycles. The minimum Gasteiger partial charge on any atom is -0.310 e. The van der Waals surface area contributed by atoms with E-state index in [4.69, 9.17) is 0 Å². The minimum atomic E-state index is 0.506. The Bertz CT molecular complexity index is 306. The number of rotatable bonds is 6. The van der Waals surface area contributed by atoms with Crippen LogP contribution in [-0.4, -0.2) is 6.54 Å². The summed E-state index contributed by atoms with van der Waals surface area (Å²) in [5.41, 5.74) is 2.97. The van der Waals surface area contributed by atoms with Gasteiger partial charge in [-0.15, -0.1) is 0 Å². The monoisotopic (exact) mass is 219 g/mol. The van der Waals surface area contributed by atoms with E-state index in [1.807, 2.05) is 0 Å². The third-order valence-electron chi connectivity index (χ3n) is 3.41. The van der Waals surface area contributed by atoms with Gasteiger partial charge in [0, 0.05) is 6.04 Å². The van der Waals surface area contributed by atoms with E-state index < -0.39 is 0 Å². The number of hydrogen-bond donors (Lipinski definition) is 1. The van der Waals surface area contributed by atoms with Crippen molar-refractivity contribution in [1.29, 1.82) is 0 Å². The zero-order valence-electron chi connectivity index (χ0n) is 11.1. The lowest BCUT2D eigenvalue weighted by Gasteiger charge is -2.26. The van der Waals surface area contributed by atoms with Crippen molar-refractivity contribution < 1.29 is 0 Å². The number of hydrogen-bond acceptors (Lipinski definition) is 1. The first-order chi connectivity index (χ1) is 7.74. The molecule has 1 aromatic rings. The third kappa shape index (κ3) is 3.08. The lowest BCUT2D eigenvalue weighted by molar-refractivity contribution is 0.382. The van der Waals surface area contributed by atoms with Gasteiger partial charge in [-0.1, -0.05) is 58.4 Å². The van der Waals surface area contributed by atoms with Crippen molar-refractivity contribution in [1.82, 2.24) is 5.32 Å². The van der Waals surface area contributed by atoms with Gasteiger partial charge in [0.2, 0.25) is 0 Å². The molecule has 1 heteroatoms. The second-order valence-corrected chi connectivity index (χ2v) is 4.47. The van der Waals surface area contributed by atoms with Crippen LogP contribution in [0.5, 0.6) is 0 Å². The molecule has 0 bridgehead atoms. The van der Waals surface area contributed by atoms with Gasteiger partial charge in [0.05, 0.1) is 0 Å². The molecule has 0 saturated heterocycles. The first-order valence-electron chi connectivity index (χ1n) is 6.55. The van der Waals surface area contributed by atoms with Gasteiger partial charge in [0.25, 0.3) is 0 Å². The molecule has 0 aliphatic carbocycles. The molecule has 0 aliphatic heterocycles. The molecule has 0 aliphatic rings. The van der Waals surface area contributed by atoms with Crippen molar-refractivity contribution in [2.45, 2.75) is 46.6 Å². The second kappa shape index (κ2) is 6.70. The van der Waals surface area contributed by atoms with Gasteiger partial charge in [-0.05, 0) is 30.0 Å². The van der Waals surface area contributed by atoms with Gasteiger partial charge in [0.1, 0.15) is 0 Å². The summed E-state index contributed by atoms with van der Waals surface area (Å²) in [6.07, 6.45) is 2.34. The fourth-order valence-electron chi connectivity index (χ4n) is 2.23.